The quantitative estimate of drug-likeness (QED) is 0.852. The zero-order valence-corrected chi connectivity index (χ0v) is 10.4. The Bertz CT molecular complexity index is 388. The van der Waals surface area contributed by atoms with Gasteiger partial charge in [-0.05, 0) is 49.4 Å². The lowest BCUT2D eigenvalue weighted by Gasteiger charge is -2.23. The molecule has 1 nitrogen and oxygen atoms in total. The summed E-state index contributed by atoms with van der Waals surface area (Å²) in [4.78, 5) is 0. The molecule has 1 aliphatic carbocycles. The highest BCUT2D eigenvalue weighted by Gasteiger charge is 2.43. The van der Waals surface area contributed by atoms with E-state index in [1.807, 2.05) is 13.1 Å². The summed E-state index contributed by atoms with van der Waals surface area (Å²) in [6.45, 7) is 2.28. The van der Waals surface area contributed by atoms with Crippen LogP contribution in [0, 0.1) is 11.2 Å². The third kappa shape index (κ3) is 2.38. The van der Waals surface area contributed by atoms with Crippen LogP contribution in [0.25, 0.3) is 0 Å². The summed E-state index contributed by atoms with van der Waals surface area (Å²) in [5.41, 5.74) is 1.40. The van der Waals surface area contributed by atoms with Crippen molar-refractivity contribution in [2.45, 2.75) is 32.2 Å². The van der Waals surface area contributed by atoms with E-state index in [4.69, 9.17) is 11.6 Å². The molecule has 1 aromatic rings. The topological polar surface area (TPSA) is 12.0 Å². The number of nitrogens with one attached hydrogen (secondary N) is 1. The van der Waals surface area contributed by atoms with Gasteiger partial charge in [-0.25, -0.2) is 4.39 Å². The van der Waals surface area contributed by atoms with Gasteiger partial charge in [-0.15, -0.1) is 0 Å². The van der Waals surface area contributed by atoms with E-state index in [2.05, 4.69) is 12.2 Å². The van der Waals surface area contributed by atoms with E-state index in [0.29, 0.717) is 11.5 Å². The highest BCUT2D eigenvalue weighted by molar-refractivity contribution is 6.30. The van der Waals surface area contributed by atoms with Gasteiger partial charge < -0.3 is 5.32 Å². The molecule has 0 spiro atoms. The van der Waals surface area contributed by atoms with E-state index in [9.17, 15) is 4.39 Å². The lowest BCUT2D eigenvalue weighted by molar-refractivity contribution is 0.376. The minimum atomic E-state index is -0.324. The van der Waals surface area contributed by atoms with E-state index in [0.717, 1.165) is 12.0 Å². The third-order valence-corrected chi connectivity index (χ3v) is 3.96. The summed E-state index contributed by atoms with van der Waals surface area (Å²) in [6.07, 6.45) is 3.38. The summed E-state index contributed by atoms with van der Waals surface area (Å²) in [7, 11) is 1.97. The van der Waals surface area contributed by atoms with Crippen molar-refractivity contribution in [3.05, 3.63) is 34.6 Å². The minimum Gasteiger partial charge on any atom is -0.316 e. The van der Waals surface area contributed by atoms with E-state index in [1.54, 1.807) is 12.1 Å². The van der Waals surface area contributed by atoms with Crippen LogP contribution in [-0.2, 0) is 6.42 Å². The number of benzene rings is 1. The Morgan fingerprint density at radius 3 is 2.69 bits per heavy atom. The molecule has 2 rings (SSSR count). The highest BCUT2D eigenvalue weighted by Crippen LogP contribution is 2.48. The summed E-state index contributed by atoms with van der Waals surface area (Å²) >= 11 is 5.66. The maximum Gasteiger partial charge on any atom is 0.142 e. The first-order valence-corrected chi connectivity index (χ1v) is 6.04. The second-order valence-electron chi connectivity index (χ2n) is 4.95. The van der Waals surface area contributed by atoms with Crippen molar-refractivity contribution in [3.63, 3.8) is 0 Å². The molecule has 1 saturated carbocycles. The van der Waals surface area contributed by atoms with Crippen molar-refractivity contribution in [2.75, 3.05) is 7.05 Å². The van der Waals surface area contributed by atoms with Crippen LogP contribution in [0.2, 0.25) is 5.02 Å². The highest BCUT2D eigenvalue weighted by atomic mass is 35.5. The van der Waals surface area contributed by atoms with Crippen molar-refractivity contribution in [1.82, 2.24) is 5.32 Å². The largest absolute Gasteiger partial charge is 0.316 e. The normalized spacial score (nSPS) is 19.5. The van der Waals surface area contributed by atoms with Gasteiger partial charge in [-0.1, -0.05) is 24.6 Å². The Kier molecular flexibility index (Phi) is 3.22. The second kappa shape index (κ2) is 4.34. The molecule has 1 N–H and O–H groups in total. The van der Waals surface area contributed by atoms with Crippen LogP contribution < -0.4 is 5.32 Å². The number of rotatable bonds is 4. The predicted molar refractivity (Wildman–Crippen MR) is 65.3 cm³/mol. The lowest BCUT2D eigenvalue weighted by Crippen LogP contribution is -2.35. The molecule has 88 valence electrons. The summed E-state index contributed by atoms with van der Waals surface area (Å²) in [6, 6.07) is 5.50. The fourth-order valence-corrected chi connectivity index (χ4v) is 2.26. The van der Waals surface area contributed by atoms with Gasteiger partial charge in [0.1, 0.15) is 5.82 Å². The smallest absolute Gasteiger partial charge is 0.142 e. The first-order valence-electron chi connectivity index (χ1n) is 5.66. The zero-order chi connectivity index (χ0) is 11.8. The Morgan fingerprint density at radius 2 is 2.19 bits per heavy atom. The molecular formula is C13H17ClFN. The number of hydrogen-bond acceptors (Lipinski definition) is 1. The van der Waals surface area contributed by atoms with Gasteiger partial charge >= 0.3 is 0 Å². The molecule has 0 radical (unpaired) electrons. The van der Waals surface area contributed by atoms with Crippen molar-refractivity contribution in [1.29, 1.82) is 0 Å². The molecule has 1 aliphatic rings. The maximum absolute atomic E-state index is 13.3. The maximum atomic E-state index is 13.3. The van der Waals surface area contributed by atoms with E-state index >= 15 is 0 Å². The van der Waals surface area contributed by atoms with E-state index < -0.39 is 0 Å². The monoisotopic (exact) mass is 241 g/mol. The average molecular weight is 242 g/mol. The molecular weight excluding hydrogens is 225 g/mol. The number of likely N-dealkylation sites (N-methyl/N-ethyl adjacent to an activating group) is 1. The van der Waals surface area contributed by atoms with Gasteiger partial charge in [-0.2, -0.15) is 0 Å². The Balaban J connectivity index is 2.10. The number of hydrogen-bond donors (Lipinski definition) is 1. The molecule has 0 aliphatic heterocycles. The molecule has 1 fully saturated rings. The molecule has 0 amide bonds. The van der Waals surface area contributed by atoms with Crippen molar-refractivity contribution < 1.29 is 4.39 Å². The zero-order valence-electron chi connectivity index (χ0n) is 9.69. The van der Waals surface area contributed by atoms with Gasteiger partial charge in [0, 0.05) is 6.04 Å². The molecule has 0 heterocycles. The molecule has 1 aromatic carbocycles. The molecule has 1 atom stereocenters. The van der Waals surface area contributed by atoms with Crippen LogP contribution in [0.4, 0.5) is 4.39 Å². The molecule has 0 saturated heterocycles. The van der Waals surface area contributed by atoms with Gasteiger partial charge in [0.25, 0.3) is 0 Å². The Morgan fingerprint density at radius 1 is 1.50 bits per heavy atom. The van der Waals surface area contributed by atoms with Crippen LogP contribution in [0.3, 0.4) is 0 Å². The van der Waals surface area contributed by atoms with Gasteiger partial charge in [0.05, 0.1) is 5.02 Å². The van der Waals surface area contributed by atoms with Crippen LogP contribution in [0.5, 0.6) is 0 Å². The molecule has 0 aromatic heterocycles. The van der Waals surface area contributed by atoms with E-state index in [1.165, 1.54) is 12.8 Å². The minimum absolute atomic E-state index is 0.197. The van der Waals surface area contributed by atoms with Crippen molar-refractivity contribution in [3.8, 4) is 0 Å². The van der Waals surface area contributed by atoms with Gasteiger partial charge in [0.15, 0.2) is 0 Å². The fourth-order valence-electron chi connectivity index (χ4n) is 2.14. The van der Waals surface area contributed by atoms with Crippen molar-refractivity contribution in [2.24, 2.45) is 5.41 Å². The second-order valence-corrected chi connectivity index (χ2v) is 5.36. The molecule has 0 bridgehead atoms. The van der Waals surface area contributed by atoms with Gasteiger partial charge in [-0.3, -0.25) is 0 Å². The molecule has 3 heteroatoms. The third-order valence-electron chi connectivity index (χ3n) is 3.65. The van der Waals surface area contributed by atoms with Crippen LogP contribution in [-0.4, -0.2) is 13.1 Å². The Hall–Kier alpha value is -0.600. The summed E-state index contributed by atoms with van der Waals surface area (Å²) in [5.74, 6) is -0.324. The first-order chi connectivity index (χ1) is 7.55. The van der Waals surface area contributed by atoms with Gasteiger partial charge in [0.2, 0.25) is 0 Å². The first kappa shape index (κ1) is 11.9. The Labute approximate surface area is 101 Å². The van der Waals surface area contributed by atoms with E-state index in [-0.39, 0.29) is 10.8 Å². The van der Waals surface area contributed by atoms with Crippen molar-refractivity contribution >= 4 is 11.6 Å². The fraction of sp³-hybridized carbons (Fsp3) is 0.538. The van der Waals surface area contributed by atoms with Crippen LogP contribution in [0.15, 0.2) is 18.2 Å². The SMILES string of the molecule is CNC(Cc1ccc(Cl)c(F)c1)C1(C)CC1. The standard InChI is InChI=1S/C13H17ClFN/c1-13(5-6-13)12(16-2)8-9-3-4-10(14)11(15)7-9/h3-4,7,12,16H,5-6,8H2,1-2H3. The molecule has 16 heavy (non-hydrogen) atoms. The summed E-state index contributed by atoms with van der Waals surface area (Å²) < 4.78 is 13.3. The predicted octanol–water partition coefficient (Wildman–Crippen LogP) is 3.41. The summed E-state index contributed by atoms with van der Waals surface area (Å²) in [5, 5.41) is 3.53. The number of halogens is 2. The average Bonchev–Trinajstić information content (AvgIpc) is 2.99. The lowest BCUT2D eigenvalue weighted by atomic mass is 9.92. The molecule has 1 unspecified atom stereocenters. The van der Waals surface area contributed by atoms with Crippen LogP contribution in [0.1, 0.15) is 25.3 Å². The van der Waals surface area contributed by atoms with Crippen LogP contribution >= 0.6 is 11.6 Å².